The zero-order chi connectivity index (χ0) is 15.7. The van der Waals surface area contributed by atoms with Crippen LogP contribution < -0.4 is 0 Å². The Morgan fingerprint density at radius 1 is 1.27 bits per heavy atom. The van der Waals surface area contributed by atoms with Gasteiger partial charge in [0, 0.05) is 31.1 Å². The van der Waals surface area contributed by atoms with E-state index in [0.29, 0.717) is 13.0 Å². The summed E-state index contributed by atoms with van der Waals surface area (Å²) in [7, 11) is -4.66. The van der Waals surface area contributed by atoms with E-state index in [0.717, 1.165) is 16.5 Å². The van der Waals surface area contributed by atoms with Crippen LogP contribution in [0.2, 0.25) is 0 Å². The van der Waals surface area contributed by atoms with E-state index in [-0.39, 0.29) is 18.9 Å². The van der Waals surface area contributed by atoms with Crippen molar-refractivity contribution in [1.29, 1.82) is 0 Å². The van der Waals surface area contributed by atoms with E-state index >= 15 is 0 Å². The molecule has 0 radical (unpaired) electrons. The fourth-order valence-electron chi connectivity index (χ4n) is 2.77. The average molecular weight is 322 g/mol. The normalized spacial score (nSPS) is 19.0. The van der Waals surface area contributed by atoms with Gasteiger partial charge in [-0.25, -0.2) is 0 Å². The van der Waals surface area contributed by atoms with Crippen molar-refractivity contribution in [2.45, 2.75) is 18.1 Å². The predicted octanol–water partition coefficient (Wildman–Crippen LogP) is 1.68. The van der Waals surface area contributed by atoms with Gasteiger partial charge in [-0.05, 0) is 18.1 Å². The molecule has 0 aliphatic carbocycles. The number of amides is 1. The molecule has 1 saturated heterocycles. The lowest BCUT2D eigenvalue weighted by Crippen LogP contribution is -2.29. The minimum atomic E-state index is -4.66. The Kier molecular flexibility index (Phi) is 3.82. The van der Waals surface area contributed by atoms with E-state index in [1.807, 2.05) is 30.3 Å². The molecule has 116 valence electrons. The van der Waals surface area contributed by atoms with Crippen LogP contribution in [0, 0.1) is 0 Å². The Balaban J connectivity index is 1.74. The third kappa shape index (κ3) is 2.94. The van der Waals surface area contributed by atoms with Crippen LogP contribution in [0.1, 0.15) is 12.0 Å². The van der Waals surface area contributed by atoms with Crippen LogP contribution in [-0.4, -0.2) is 42.5 Å². The molecule has 1 aromatic heterocycles. The SMILES string of the molecule is O=C1CC(S(=O)(=O)F)CN1CCc1cccc2cccnc12. The van der Waals surface area contributed by atoms with Gasteiger partial charge in [0.15, 0.2) is 0 Å². The number of benzene rings is 1. The highest BCUT2D eigenvalue weighted by Crippen LogP contribution is 2.21. The van der Waals surface area contributed by atoms with Crippen LogP contribution in [0.25, 0.3) is 10.9 Å². The van der Waals surface area contributed by atoms with Crippen molar-refractivity contribution >= 4 is 27.0 Å². The minimum absolute atomic E-state index is 0.0736. The van der Waals surface area contributed by atoms with E-state index in [9.17, 15) is 17.1 Å². The van der Waals surface area contributed by atoms with Crippen molar-refractivity contribution in [2.24, 2.45) is 0 Å². The average Bonchev–Trinajstić information content (AvgIpc) is 2.86. The molecule has 1 fully saturated rings. The van der Waals surface area contributed by atoms with Gasteiger partial charge in [0.05, 0.1) is 5.52 Å². The molecular weight excluding hydrogens is 307 g/mol. The van der Waals surface area contributed by atoms with Gasteiger partial charge in [-0.3, -0.25) is 9.78 Å². The summed E-state index contributed by atoms with van der Waals surface area (Å²) in [5, 5.41) is -0.220. The van der Waals surface area contributed by atoms with Crippen molar-refractivity contribution in [2.75, 3.05) is 13.1 Å². The number of hydrogen-bond donors (Lipinski definition) is 0. The molecule has 1 aliphatic rings. The van der Waals surface area contributed by atoms with Gasteiger partial charge in [0.1, 0.15) is 5.25 Å². The fourth-order valence-corrected chi connectivity index (χ4v) is 3.46. The molecule has 1 unspecified atom stereocenters. The number of carbonyl (C=O) groups is 1. The van der Waals surface area contributed by atoms with Crippen LogP contribution in [0.15, 0.2) is 36.5 Å². The Hall–Kier alpha value is -2.02. The summed E-state index contributed by atoms with van der Waals surface area (Å²) in [6.45, 7) is 0.288. The van der Waals surface area contributed by atoms with Crippen LogP contribution in [-0.2, 0) is 21.4 Å². The van der Waals surface area contributed by atoms with E-state index in [1.54, 1.807) is 6.20 Å². The summed E-state index contributed by atoms with van der Waals surface area (Å²) in [5.41, 5.74) is 1.85. The van der Waals surface area contributed by atoms with Gasteiger partial charge in [-0.1, -0.05) is 24.3 Å². The predicted molar refractivity (Wildman–Crippen MR) is 80.5 cm³/mol. The number of fused-ring (bicyclic) bond motifs is 1. The molecule has 1 aliphatic heterocycles. The van der Waals surface area contributed by atoms with E-state index in [4.69, 9.17) is 0 Å². The van der Waals surface area contributed by atoms with E-state index < -0.39 is 15.5 Å². The smallest absolute Gasteiger partial charge is 0.307 e. The lowest BCUT2D eigenvalue weighted by Gasteiger charge is -2.16. The van der Waals surface area contributed by atoms with Crippen molar-refractivity contribution in [1.82, 2.24) is 9.88 Å². The summed E-state index contributed by atoms with van der Waals surface area (Å²) in [4.78, 5) is 17.5. The van der Waals surface area contributed by atoms with Crippen molar-refractivity contribution in [3.8, 4) is 0 Å². The molecule has 1 atom stereocenters. The third-order valence-corrected chi connectivity index (χ3v) is 5.06. The first kappa shape index (κ1) is 14.9. The summed E-state index contributed by atoms with van der Waals surface area (Å²) < 4.78 is 34.8. The van der Waals surface area contributed by atoms with Gasteiger partial charge >= 0.3 is 10.2 Å². The van der Waals surface area contributed by atoms with Crippen LogP contribution in [0.4, 0.5) is 3.89 Å². The molecule has 5 nitrogen and oxygen atoms in total. The zero-order valence-electron chi connectivity index (χ0n) is 11.8. The molecule has 1 amide bonds. The van der Waals surface area contributed by atoms with Crippen LogP contribution in [0.3, 0.4) is 0 Å². The highest BCUT2D eigenvalue weighted by Gasteiger charge is 2.38. The maximum Gasteiger partial charge on any atom is 0.307 e. The molecule has 1 aromatic carbocycles. The van der Waals surface area contributed by atoms with Gasteiger partial charge in [0.25, 0.3) is 0 Å². The molecule has 0 bridgehead atoms. The lowest BCUT2D eigenvalue weighted by molar-refractivity contribution is -0.127. The number of carbonyl (C=O) groups excluding carboxylic acids is 1. The Bertz CT molecular complexity index is 817. The second kappa shape index (κ2) is 5.64. The number of nitrogens with zero attached hydrogens (tertiary/aromatic N) is 2. The number of para-hydroxylation sites is 1. The molecular formula is C15H15FN2O3S. The molecule has 2 aromatic rings. The van der Waals surface area contributed by atoms with Crippen molar-refractivity contribution < 1.29 is 17.1 Å². The van der Waals surface area contributed by atoms with Gasteiger partial charge in [-0.15, -0.1) is 3.89 Å². The maximum atomic E-state index is 13.0. The Labute approximate surface area is 128 Å². The molecule has 0 spiro atoms. The van der Waals surface area contributed by atoms with Crippen LogP contribution in [0.5, 0.6) is 0 Å². The highest BCUT2D eigenvalue weighted by atomic mass is 32.3. The van der Waals surface area contributed by atoms with Crippen LogP contribution >= 0.6 is 0 Å². The standard InChI is InChI=1S/C15H15FN2O3S/c16-22(20,21)13-9-14(19)18(10-13)8-6-12-4-1-3-11-5-2-7-17-15(11)12/h1-5,7,13H,6,8-10H2. The quantitative estimate of drug-likeness (QED) is 0.803. The first-order chi connectivity index (χ1) is 10.4. The fraction of sp³-hybridized carbons (Fsp3) is 0.333. The first-order valence-electron chi connectivity index (χ1n) is 6.99. The van der Waals surface area contributed by atoms with Crippen molar-refractivity contribution in [3.05, 3.63) is 42.1 Å². The van der Waals surface area contributed by atoms with E-state index in [2.05, 4.69) is 4.98 Å². The number of hydrogen-bond acceptors (Lipinski definition) is 4. The van der Waals surface area contributed by atoms with Gasteiger partial charge < -0.3 is 4.90 Å². The molecule has 2 heterocycles. The summed E-state index contributed by atoms with van der Waals surface area (Å²) in [5.74, 6) is -0.320. The highest BCUT2D eigenvalue weighted by molar-refractivity contribution is 7.87. The minimum Gasteiger partial charge on any atom is -0.341 e. The van der Waals surface area contributed by atoms with Crippen molar-refractivity contribution in [3.63, 3.8) is 0 Å². The summed E-state index contributed by atoms with van der Waals surface area (Å²) in [6, 6.07) is 9.61. The summed E-state index contributed by atoms with van der Waals surface area (Å²) in [6.07, 6.45) is 1.99. The molecule has 0 N–H and O–H groups in total. The molecule has 0 saturated carbocycles. The maximum absolute atomic E-state index is 13.0. The monoisotopic (exact) mass is 322 g/mol. The Morgan fingerprint density at radius 3 is 2.77 bits per heavy atom. The number of rotatable bonds is 4. The number of likely N-dealkylation sites (tertiary alicyclic amines) is 1. The summed E-state index contributed by atoms with van der Waals surface area (Å²) >= 11 is 0. The number of aromatic nitrogens is 1. The van der Waals surface area contributed by atoms with Gasteiger partial charge in [-0.2, -0.15) is 8.42 Å². The lowest BCUT2D eigenvalue weighted by atomic mass is 10.1. The largest absolute Gasteiger partial charge is 0.341 e. The number of halogens is 1. The van der Waals surface area contributed by atoms with Gasteiger partial charge in [0.2, 0.25) is 5.91 Å². The zero-order valence-corrected chi connectivity index (χ0v) is 12.6. The first-order valence-corrected chi connectivity index (χ1v) is 8.43. The van der Waals surface area contributed by atoms with E-state index in [1.165, 1.54) is 4.90 Å². The second-order valence-corrected chi connectivity index (χ2v) is 7.00. The topological polar surface area (TPSA) is 67.3 Å². The second-order valence-electron chi connectivity index (χ2n) is 5.38. The Morgan fingerprint density at radius 2 is 2.05 bits per heavy atom. The third-order valence-electron chi connectivity index (χ3n) is 3.94. The molecule has 7 heteroatoms. The number of pyridine rings is 1. The molecule has 3 rings (SSSR count). The molecule has 22 heavy (non-hydrogen) atoms.